The third-order valence-electron chi connectivity index (χ3n) is 3.73. The van der Waals surface area contributed by atoms with Gasteiger partial charge in [0, 0.05) is 25.8 Å². The Morgan fingerprint density at radius 1 is 1.14 bits per heavy atom. The Labute approximate surface area is 128 Å². The Kier molecular flexibility index (Phi) is 8.05. The van der Waals surface area contributed by atoms with Gasteiger partial charge in [-0.2, -0.15) is 0 Å². The molecule has 2 N–H and O–H groups in total. The summed E-state index contributed by atoms with van der Waals surface area (Å²) in [5, 5.41) is 6.83. The molecular formula is C16H30N4O. The van der Waals surface area contributed by atoms with Crippen molar-refractivity contribution in [1.29, 1.82) is 0 Å². The van der Waals surface area contributed by atoms with E-state index in [0.29, 0.717) is 24.4 Å². The summed E-state index contributed by atoms with van der Waals surface area (Å²) < 4.78 is 5.16. The molecule has 1 atom stereocenters. The molecule has 1 unspecified atom stereocenters. The first-order valence-corrected chi connectivity index (χ1v) is 8.01. The van der Waals surface area contributed by atoms with E-state index in [9.17, 15) is 0 Å². The van der Waals surface area contributed by atoms with Gasteiger partial charge < -0.3 is 15.4 Å². The highest BCUT2D eigenvalue weighted by Gasteiger charge is 2.14. The summed E-state index contributed by atoms with van der Waals surface area (Å²) in [6, 6.07) is 2.37. The lowest BCUT2D eigenvalue weighted by Gasteiger charge is -2.23. The molecule has 0 aliphatic carbocycles. The van der Waals surface area contributed by atoms with E-state index in [2.05, 4.69) is 48.3 Å². The molecule has 1 heterocycles. The fourth-order valence-corrected chi connectivity index (χ4v) is 2.46. The normalized spacial score (nSPS) is 12.5. The highest BCUT2D eigenvalue weighted by molar-refractivity contribution is 5.48. The summed E-state index contributed by atoms with van der Waals surface area (Å²) in [4.78, 5) is 9.00. The van der Waals surface area contributed by atoms with Crippen LogP contribution in [-0.2, 0) is 11.3 Å². The van der Waals surface area contributed by atoms with Gasteiger partial charge in [0.05, 0.1) is 0 Å². The molecule has 1 aromatic rings. The van der Waals surface area contributed by atoms with E-state index < -0.39 is 0 Å². The monoisotopic (exact) mass is 294 g/mol. The topological polar surface area (TPSA) is 59.1 Å². The molecule has 1 aromatic heterocycles. The number of nitrogens with zero attached hydrogens (tertiary/aromatic N) is 2. The molecule has 0 radical (unpaired) electrons. The Morgan fingerprint density at radius 3 is 2.38 bits per heavy atom. The van der Waals surface area contributed by atoms with Crippen molar-refractivity contribution < 1.29 is 4.74 Å². The van der Waals surface area contributed by atoms with Gasteiger partial charge in [-0.1, -0.05) is 33.6 Å². The summed E-state index contributed by atoms with van der Waals surface area (Å²) in [6.07, 6.45) is 3.40. The highest BCUT2D eigenvalue weighted by Crippen LogP contribution is 2.19. The Bertz CT molecular complexity index is 407. The average molecular weight is 294 g/mol. The van der Waals surface area contributed by atoms with Crippen molar-refractivity contribution in [2.45, 2.75) is 59.6 Å². The first-order chi connectivity index (χ1) is 10.1. The van der Waals surface area contributed by atoms with E-state index in [-0.39, 0.29) is 0 Å². The van der Waals surface area contributed by atoms with E-state index in [1.807, 2.05) is 6.07 Å². The van der Waals surface area contributed by atoms with E-state index >= 15 is 0 Å². The zero-order valence-electron chi connectivity index (χ0n) is 14.1. The first kappa shape index (κ1) is 17.7. The summed E-state index contributed by atoms with van der Waals surface area (Å²) >= 11 is 0. The molecule has 5 heteroatoms. The minimum Gasteiger partial charge on any atom is -0.377 e. The van der Waals surface area contributed by atoms with Crippen molar-refractivity contribution >= 4 is 11.6 Å². The van der Waals surface area contributed by atoms with Crippen LogP contribution in [0.3, 0.4) is 0 Å². The molecule has 0 amide bonds. The lowest BCUT2D eigenvalue weighted by Crippen LogP contribution is -2.26. The molecule has 0 aliphatic heterocycles. The van der Waals surface area contributed by atoms with Gasteiger partial charge in [-0.3, -0.25) is 0 Å². The van der Waals surface area contributed by atoms with Crippen molar-refractivity contribution in [3.05, 3.63) is 11.9 Å². The quantitative estimate of drug-likeness (QED) is 0.689. The maximum Gasteiger partial charge on any atom is 0.158 e. The Hall–Kier alpha value is -1.36. The van der Waals surface area contributed by atoms with Crippen LogP contribution < -0.4 is 10.6 Å². The van der Waals surface area contributed by atoms with Gasteiger partial charge in [-0.15, -0.1) is 0 Å². The zero-order chi connectivity index (χ0) is 15.7. The van der Waals surface area contributed by atoms with Crippen LogP contribution in [0.15, 0.2) is 6.07 Å². The lowest BCUT2D eigenvalue weighted by atomic mass is 9.95. The van der Waals surface area contributed by atoms with Crippen LogP contribution in [0, 0.1) is 5.92 Å². The minimum atomic E-state index is 0.393. The first-order valence-electron chi connectivity index (χ1n) is 8.01. The van der Waals surface area contributed by atoms with Crippen molar-refractivity contribution in [3.63, 3.8) is 0 Å². The van der Waals surface area contributed by atoms with E-state index in [0.717, 1.165) is 24.6 Å². The van der Waals surface area contributed by atoms with Crippen LogP contribution in [-0.4, -0.2) is 29.7 Å². The van der Waals surface area contributed by atoms with Gasteiger partial charge in [-0.05, 0) is 19.3 Å². The van der Waals surface area contributed by atoms with Crippen LogP contribution >= 0.6 is 0 Å². The number of aromatic nitrogens is 2. The number of methoxy groups -OCH3 is 1. The Balaban J connectivity index is 2.85. The van der Waals surface area contributed by atoms with Crippen molar-refractivity contribution in [2.24, 2.45) is 5.92 Å². The summed E-state index contributed by atoms with van der Waals surface area (Å²) in [6.45, 7) is 10.2. The fraction of sp³-hybridized carbons (Fsp3) is 0.750. The molecule has 0 bridgehead atoms. The second-order valence-corrected chi connectivity index (χ2v) is 5.42. The van der Waals surface area contributed by atoms with Crippen LogP contribution in [0.5, 0.6) is 0 Å². The molecule has 21 heavy (non-hydrogen) atoms. The Morgan fingerprint density at radius 2 is 1.81 bits per heavy atom. The summed E-state index contributed by atoms with van der Waals surface area (Å²) in [5.74, 6) is 3.09. The number of hydrogen-bond acceptors (Lipinski definition) is 5. The van der Waals surface area contributed by atoms with Gasteiger partial charge in [0.2, 0.25) is 0 Å². The standard InChI is InChI=1S/C16H30N4O/c1-6-9-17-14-10-15(20-16(19-14)11-21-5)18-12(4)13(7-2)8-3/h10,12-13H,6-9,11H2,1-5H3,(H2,17,18,19,20). The van der Waals surface area contributed by atoms with Crippen LogP contribution in [0.25, 0.3) is 0 Å². The van der Waals surface area contributed by atoms with E-state index in [1.165, 1.54) is 12.8 Å². The van der Waals surface area contributed by atoms with Crippen LogP contribution in [0.4, 0.5) is 11.6 Å². The SMILES string of the molecule is CCCNc1cc(NC(C)C(CC)CC)nc(COC)n1. The predicted octanol–water partition coefficient (Wildman–Crippen LogP) is 3.68. The maximum atomic E-state index is 5.16. The van der Waals surface area contributed by atoms with E-state index in [1.54, 1.807) is 7.11 Å². The van der Waals surface area contributed by atoms with Crippen molar-refractivity contribution in [2.75, 3.05) is 24.3 Å². The molecular weight excluding hydrogens is 264 g/mol. The molecule has 0 saturated heterocycles. The molecule has 0 aromatic carbocycles. The number of nitrogens with one attached hydrogen (secondary N) is 2. The van der Waals surface area contributed by atoms with Crippen LogP contribution in [0.1, 0.15) is 52.8 Å². The minimum absolute atomic E-state index is 0.393. The molecule has 0 spiro atoms. The summed E-state index contributed by atoms with van der Waals surface area (Å²) in [7, 11) is 1.66. The molecule has 1 rings (SSSR count). The predicted molar refractivity (Wildman–Crippen MR) is 88.7 cm³/mol. The maximum absolute atomic E-state index is 5.16. The van der Waals surface area contributed by atoms with Crippen LogP contribution in [0.2, 0.25) is 0 Å². The molecule has 120 valence electrons. The third-order valence-corrected chi connectivity index (χ3v) is 3.73. The fourth-order valence-electron chi connectivity index (χ4n) is 2.46. The van der Waals surface area contributed by atoms with Crippen molar-refractivity contribution in [3.8, 4) is 0 Å². The highest BCUT2D eigenvalue weighted by atomic mass is 16.5. The number of hydrogen-bond donors (Lipinski definition) is 2. The lowest BCUT2D eigenvalue weighted by molar-refractivity contribution is 0.178. The van der Waals surface area contributed by atoms with Gasteiger partial charge in [-0.25, -0.2) is 9.97 Å². The number of ether oxygens (including phenoxy) is 1. The largest absolute Gasteiger partial charge is 0.377 e. The van der Waals surface area contributed by atoms with Gasteiger partial charge >= 0.3 is 0 Å². The second-order valence-electron chi connectivity index (χ2n) is 5.42. The van der Waals surface area contributed by atoms with Gasteiger partial charge in [0.25, 0.3) is 0 Å². The smallest absolute Gasteiger partial charge is 0.158 e. The average Bonchev–Trinajstić information content (AvgIpc) is 2.46. The van der Waals surface area contributed by atoms with Crippen molar-refractivity contribution in [1.82, 2.24) is 9.97 Å². The molecule has 0 fully saturated rings. The molecule has 0 saturated carbocycles. The number of rotatable bonds is 10. The molecule has 5 nitrogen and oxygen atoms in total. The van der Waals surface area contributed by atoms with Gasteiger partial charge in [0.1, 0.15) is 18.2 Å². The number of anilines is 2. The van der Waals surface area contributed by atoms with E-state index in [4.69, 9.17) is 4.74 Å². The zero-order valence-corrected chi connectivity index (χ0v) is 14.1. The molecule has 0 aliphatic rings. The summed E-state index contributed by atoms with van der Waals surface area (Å²) in [5.41, 5.74) is 0. The second kappa shape index (κ2) is 9.55. The third kappa shape index (κ3) is 5.87. The van der Waals surface area contributed by atoms with Gasteiger partial charge in [0.15, 0.2) is 5.82 Å².